The molecule has 2 aromatic carbocycles. The first-order valence-corrected chi connectivity index (χ1v) is 11.4. The average molecular weight is 396 g/mol. The fourth-order valence-electron chi connectivity index (χ4n) is 4.68. The number of piperidine rings is 2. The summed E-state index contributed by atoms with van der Waals surface area (Å²) >= 11 is 1.70. The quantitative estimate of drug-likeness (QED) is 0.691. The van der Waals surface area contributed by atoms with Crippen LogP contribution in [0.3, 0.4) is 0 Å². The topological polar surface area (TPSA) is 44.4 Å². The van der Waals surface area contributed by atoms with Gasteiger partial charge >= 0.3 is 6.03 Å². The highest BCUT2D eigenvalue weighted by atomic mass is 32.2. The van der Waals surface area contributed by atoms with E-state index in [1.165, 1.54) is 29.7 Å². The van der Waals surface area contributed by atoms with Gasteiger partial charge in [0.1, 0.15) is 0 Å². The van der Waals surface area contributed by atoms with Crippen LogP contribution < -0.4 is 10.6 Å². The fraction of sp³-hybridized carbons (Fsp3) is 0.435. The molecule has 0 unspecified atom stereocenters. The smallest absolute Gasteiger partial charge is 0.319 e. The minimum atomic E-state index is -0.0866. The zero-order valence-electron chi connectivity index (χ0n) is 16.4. The summed E-state index contributed by atoms with van der Waals surface area (Å²) in [5.41, 5.74) is 2.23. The molecular formula is C23H29N3OS. The predicted octanol–water partition coefficient (Wildman–Crippen LogP) is 5.12. The molecule has 148 valence electrons. The number of nitrogens with zero attached hydrogens (tertiary/aromatic N) is 1. The van der Waals surface area contributed by atoms with Crippen LogP contribution >= 0.6 is 11.8 Å². The molecule has 2 amide bonds. The highest BCUT2D eigenvalue weighted by molar-refractivity contribution is 7.98. The molecule has 2 saturated heterocycles. The van der Waals surface area contributed by atoms with Crippen molar-refractivity contribution in [3.63, 3.8) is 0 Å². The zero-order chi connectivity index (χ0) is 19.3. The highest BCUT2D eigenvalue weighted by Crippen LogP contribution is 2.35. The second kappa shape index (κ2) is 9.01. The number of thioether (sulfide) groups is 1. The summed E-state index contributed by atoms with van der Waals surface area (Å²) in [7, 11) is 0. The van der Waals surface area contributed by atoms with Gasteiger partial charge in [-0.2, -0.15) is 0 Å². The Kier molecular flexibility index (Phi) is 6.23. The molecule has 2 N–H and O–H groups in total. The number of hydrogen-bond acceptors (Lipinski definition) is 3. The molecule has 2 aliphatic rings. The molecule has 28 heavy (non-hydrogen) atoms. The lowest BCUT2D eigenvalue weighted by Crippen LogP contribution is -2.56. The summed E-state index contributed by atoms with van der Waals surface area (Å²) in [6, 6.07) is 20.1. The number of carbonyl (C=O) groups excluding carboxylic acids is 1. The van der Waals surface area contributed by atoms with E-state index in [1.54, 1.807) is 11.8 Å². The maximum absolute atomic E-state index is 12.5. The van der Waals surface area contributed by atoms with Crippen LogP contribution in [0.4, 0.5) is 10.5 Å². The molecule has 0 aliphatic carbocycles. The van der Waals surface area contributed by atoms with E-state index >= 15 is 0 Å². The Hall–Kier alpha value is -1.98. The van der Waals surface area contributed by atoms with E-state index in [9.17, 15) is 4.79 Å². The van der Waals surface area contributed by atoms with E-state index in [0.717, 1.165) is 25.1 Å². The van der Waals surface area contributed by atoms with Crippen LogP contribution in [0.5, 0.6) is 0 Å². The van der Waals surface area contributed by atoms with Crippen LogP contribution in [0.2, 0.25) is 0 Å². The predicted molar refractivity (Wildman–Crippen MR) is 117 cm³/mol. The summed E-state index contributed by atoms with van der Waals surface area (Å²) in [4.78, 5) is 16.4. The molecule has 0 spiro atoms. The van der Waals surface area contributed by atoms with Crippen LogP contribution in [0.25, 0.3) is 0 Å². The maximum atomic E-state index is 12.5. The Morgan fingerprint density at radius 1 is 1.04 bits per heavy atom. The molecule has 4 rings (SSSR count). The monoisotopic (exact) mass is 395 g/mol. The van der Waals surface area contributed by atoms with Gasteiger partial charge < -0.3 is 10.6 Å². The number of urea groups is 1. The van der Waals surface area contributed by atoms with Gasteiger partial charge in [0.05, 0.1) is 0 Å². The Bertz CT molecular complexity index is 766. The molecular weight excluding hydrogens is 366 g/mol. The standard InChI is InChI=1S/C23H29N3OS/c1-28-22-12-10-18(11-13-22)24-23(27)25-19-14-20-8-5-9-21(15-19)26(20)16-17-6-3-2-4-7-17/h2-4,6-7,10-13,19-21H,5,8-9,14-16H2,1H3,(H2,24,25,27)/t20-,21-/m0/s1. The lowest BCUT2D eigenvalue weighted by Gasteiger charge is -2.49. The van der Waals surface area contributed by atoms with Crippen LogP contribution in [0.15, 0.2) is 59.5 Å². The van der Waals surface area contributed by atoms with E-state index in [1.807, 2.05) is 24.3 Å². The summed E-state index contributed by atoms with van der Waals surface area (Å²) in [6.45, 7) is 1.02. The van der Waals surface area contributed by atoms with Crippen molar-refractivity contribution in [2.75, 3.05) is 11.6 Å². The van der Waals surface area contributed by atoms with Crippen molar-refractivity contribution in [1.29, 1.82) is 0 Å². The van der Waals surface area contributed by atoms with Gasteiger partial charge in [-0.15, -0.1) is 11.8 Å². The van der Waals surface area contributed by atoms with Gasteiger partial charge in [-0.3, -0.25) is 4.90 Å². The van der Waals surface area contributed by atoms with Crippen molar-refractivity contribution >= 4 is 23.5 Å². The molecule has 2 bridgehead atoms. The average Bonchev–Trinajstić information content (AvgIpc) is 2.70. The Balaban J connectivity index is 1.33. The van der Waals surface area contributed by atoms with Crippen molar-refractivity contribution in [2.24, 2.45) is 0 Å². The first kappa shape index (κ1) is 19.3. The molecule has 0 saturated carbocycles. The van der Waals surface area contributed by atoms with Crippen molar-refractivity contribution in [2.45, 2.75) is 61.7 Å². The fourth-order valence-corrected chi connectivity index (χ4v) is 5.08. The highest BCUT2D eigenvalue weighted by Gasteiger charge is 2.38. The third-order valence-corrected chi connectivity index (χ3v) is 6.76. The van der Waals surface area contributed by atoms with Crippen molar-refractivity contribution in [3.8, 4) is 0 Å². The molecule has 2 atom stereocenters. The van der Waals surface area contributed by atoms with Gasteiger partial charge in [0, 0.05) is 35.3 Å². The van der Waals surface area contributed by atoms with Crippen LogP contribution in [0, 0.1) is 0 Å². The molecule has 2 fully saturated rings. The Morgan fingerprint density at radius 2 is 1.71 bits per heavy atom. The van der Waals surface area contributed by atoms with Gasteiger partial charge in [-0.25, -0.2) is 4.79 Å². The lowest BCUT2D eigenvalue weighted by molar-refractivity contribution is 0.0200. The molecule has 0 aromatic heterocycles. The van der Waals surface area contributed by atoms with Gasteiger partial charge in [0.15, 0.2) is 0 Å². The van der Waals surface area contributed by atoms with E-state index in [2.05, 4.69) is 52.1 Å². The van der Waals surface area contributed by atoms with E-state index < -0.39 is 0 Å². The van der Waals surface area contributed by atoms with Crippen molar-refractivity contribution in [1.82, 2.24) is 10.2 Å². The number of hydrogen-bond donors (Lipinski definition) is 2. The lowest BCUT2D eigenvalue weighted by atomic mass is 9.81. The normalized spacial score (nSPS) is 24.5. The number of nitrogens with one attached hydrogen (secondary N) is 2. The summed E-state index contributed by atoms with van der Waals surface area (Å²) in [5.74, 6) is 0. The van der Waals surface area contributed by atoms with Gasteiger partial charge in [0.2, 0.25) is 0 Å². The van der Waals surface area contributed by atoms with Gasteiger partial charge in [-0.1, -0.05) is 36.8 Å². The summed E-state index contributed by atoms with van der Waals surface area (Å²) < 4.78 is 0. The molecule has 2 heterocycles. The second-order valence-electron chi connectivity index (χ2n) is 7.89. The second-order valence-corrected chi connectivity index (χ2v) is 8.77. The molecule has 2 aliphatic heterocycles. The third kappa shape index (κ3) is 4.70. The van der Waals surface area contributed by atoms with Crippen molar-refractivity contribution in [3.05, 3.63) is 60.2 Å². The van der Waals surface area contributed by atoms with Gasteiger partial charge in [-0.05, 0) is 61.8 Å². The van der Waals surface area contributed by atoms with Crippen LogP contribution in [-0.2, 0) is 6.54 Å². The first-order chi connectivity index (χ1) is 13.7. The van der Waals surface area contributed by atoms with E-state index in [4.69, 9.17) is 0 Å². The molecule has 5 heteroatoms. The number of amides is 2. The number of carbonyl (C=O) groups is 1. The van der Waals surface area contributed by atoms with Crippen LogP contribution in [0.1, 0.15) is 37.7 Å². The molecule has 0 radical (unpaired) electrons. The summed E-state index contributed by atoms with van der Waals surface area (Å²) in [5, 5.41) is 6.21. The third-order valence-electron chi connectivity index (χ3n) is 6.02. The van der Waals surface area contributed by atoms with Gasteiger partial charge in [0.25, 0.3) is 0 Å². The molecule has 2 aromatic rings. The Morgan fingerprint density at radius 3 is 2.36 bits per heavy atom. The number of anilines is 1. The largest absolute Gasteiger partial charge is 0.335 e. The van der Waals surface area contributed by atoms with Crippen LogP contribution in [-0.4, -0.2) is 35.3 Å². The maximum Gasteiger partial charge on any atom is 0.319 e. The zero-order valence-corrected chi connectivity index (χ0v) is 17.3. The molecule has 4 nitrogen and oxygen atoms in total. The SMILES string of the molecule is CSc1ccc(NC(=O)NC2C[C@@H]3CCC[C@@H](C2)N3Cc2ccccc2)cc1. The van der Waals surface area contributed by atoms with Crippen molar-refractivity contribution < 1.29 is 4.79 Å². The number of benzene rings is 2. The Labute approximate surface area is 172 Å². The van der Waals surface area contributed by atoms with E-state index in [-0.39, 0.29) is 12.1 Å². The van der Waals surface area contributed by atoms with E-state index in [0.29, 0.717) is 12.1 Å². The summed E-state index contributed by atoms with van der Waals surface area (Å²) in [6.07, 6.45) is 7.92. The number of rotatable bonds is 5. The first-order valence-electron chi connectivity index (χ1n) is 10.2. The minimum absolute atomic E-state index is 0.0866. The minimum Gasteiger partial charge on any atom is -0.335 e. The number of fused-ring (bicyclic) bond motifs is 2.